The molecule has 0 N–H and O–H groups in total. The smallest absolute Gasteiger partial charge is 0.292 e. The topological polar surface area (TPSA) is 31.2 Å². The number of aromatic nitrogens is 1. The molecule has 1 heterocycles. The number of methoxy groups -OCH3 is 1. The van der Waals surface area contributed by atoms with Crippen molar-refractivity contribution in [2.24, 2.45) is 0 Å². The summed E-state index contributed by atoms with van der Waals surface area (Å²) in [5, 5.41) is 0. The summed E-state index contributed by atoms with van der Waals surface area (Å²) in [7, 11) is 1.52. The van der Waals surface area contributed by atoms with Crippen molar-refractivity contribution in [3.63, 3.8) is 0 Å². The van der Waals surface area contributed by atoms with Gasteiger partial charge in [-0.25, -0.2) is 0 Å². The van der Waals surface area contributed by atoms with E-state index in [1.807, 2.05) is 24.3 Å². The first-order valence-corrected chi connectivity index (χ1v) is 6.08. The summed E-state index contributed by atoms with van der Waals surface area (Å²) < 4.78 is 6.71. The van der Waals surface area contributed by atoms with Crippen LogP contribution in [0.3, 0.4) is 0 Å². The Balaban J connectivity index is 1.97. The van der Waals surface area contributed by atoms with Gasteiger partial charge in [-0.3, -0.25) is 4.79 Å². The Hall–Kier alpha value is -2.03. The largest absolute Gasteiger partial charge is 0.491 e. The number of pyridine rings is 1. The average Bonchev–Trinajstić information content (AvgIpc) is 2.42. The average molecular weight is 243 g/mol. The molecule has 0 unspecified atom stereocenters. The van der Waals surface area contributed by atoms with Gasteiger partial charge in [-0.1, -0.05) is 30.3 Å². The zero-order valence-corrected chi connectivity index (χ0v) is 10.5. The van der Waals surface area contributed by atoms with Crippen LogP contribution < -0.4 is 10.3 Å². The van der Waals surface area contributed by atoms with Crippen LogP contribution in [-0.4, -0.2) is 11.7 Å². The number of rotatable bonds is 5. The van der Waals surface area contributed by atoms with Crippen molar-refractivity contribution in [1.29, 1.82) is 0 Å². The molecule has 0 aliphatic rings. The van der Waals surface area contributed by atoms with Crippen LogP contribution in [0.25, 0.3) is 0 Å². The minimum Gasteiger partial charge on any atom is -0.491 e. The van der Waals surface area contributed by atoms with Gasteiger partial charge in [-0.05, 0) is 30.5 Å². The van der Waals surface area contributed by atoms with Gasteiger partial charge in [-0.15, -0.1) is 0 Å². The van der Waals surface area contributed by atoms with E-state index in [-0.39, 0.29) is 5.56 Å². The Bertz CT molecular complexity index is 546. The summed E-state index contributed by atoms with van der Waals surface area (Å²) in [5.41, 5.74) is 1.24. The van der Waals surface area contributed by atoms with E-state index < -0.39 is 0 Å². The molecule has 1 aromatic heterocycles. The third-order valence-electron chi connectivity index (χ3n) is 2.91. The summed E-state index contributed by atoms with van der Waals surface area (Å²) in [6, 6.07) is 13.8. The number of aryl methyl sites for hydroxylation is 2. The minimum atomic E-state index is -0.0620. The van der Waals surface area contributed by atoms with E-state index in [2.05, 4.69) is 12.1 Å². The molecule has 0 saturated heterocycles. The highest BCUT2D eigenvalue weighted by molar-refractivity contribution is 5.17. The van der Waals surface area contributed by atoms with E-state index >= 15 is 0 Å². The van der Waals surface area contributed by atoms with Crippen molar-refractivity contribution in [3.05, 3.63) is 64.6 Å². The summed E-state index contributed by atoms with van der Waals surface area (Å²) in [4.78, 5) is 11.9. The first-order chi connectivity index (χ1) is 8.81. The van der Waals surface area contributed by atoms with Crippen molar-refractivity contribution < 1.29 is 4.74 Å². The van der Waals surface area contributed by atoms with Crippen molar-refractivity contribution in [2.75, 3.05) is 7.11 Å². The quantitative estimate of drug-likeness (QED) is 0.808. The van der Waals surface area contributed by atoms with Crippen LogP contribution in [0, 0.1) is 0 Å². The van der Waals surface area contributed by atoms with Gasteiger partial charge in [0.1, 0.15) is 0 Å². The van der Waals surface area contributed by atoms with Crippen LogP contribution in [0.5, 0.6) is 5.75 Å². The molecular formula is C15H17NO2. The second-order valence-corrected chi connectivity index (χ2v) is 4.16. The maximum Gasteiger partial charge on any atom is 0.292 e. The van der Waals surface area contributed by atoms with Gasteiger partial charge in [0, 0.05) is 12.7 Å². The highest BCUT2D eigenvalue weighted by Crippen LogP contribution is 2.05. The molecule has 0 bridgehead atoms. The Morgan fingerprint density at radius 2 is 1.89 bits per heavy atom. The van der Waals surface area contributed by atoms with E-state index in [1.54, 1.807) is 16.8 Å². The summed E-state index contributed by atoms with van der Waals surface area (Å²) in [6.45, 7) is 0.713. The number of benzene rings is 1. The SMILES string of the molecule is COc1cccn(CCCc2ccccc2)c1=O. The summed E-state index contributed by atoms with van der Waals surface area (Å²) in [5.74, 6) is 0.400. The molecule has 0 amide bonds. The van der Waals surface area contributed by atoms with Gasteiger partial charge in [0.15, 0.2) is 5.75 Å². The van der Waals surface area contributed by atoms with E-state index in [4.69, 9.17) is 4.74 Å². The first kappa shape index (κ1) is 12.4. The normalized spacial score (nSPS) is 10.3. The molecule has 1 aromatic carbocycles. The maximum atomic E-state index is 11.9. The number of nitrogens with zero attached hydrogens (tertiary/aromatic N) is 1. The predicted octanol–water partition coefficient (Wildman–Crippen LogP) is 2.49. The van der Waals surface area contributed by atoms with Gasteiger partial charge in [0.25, 0.3) is 5.56 Å². The van der Waals surface area contributed by atoms with Crippen molar-refractivity contribution in [3.8, 4) is 5.75 Å². The fourth-order valence-corrected chi connectivity index (χ4v) is 1.94. The van der Waals surface area contributed by atoms with Crippen molar-refractivity contribution in [1.82, 2.24) is 4.57 Å². The molecule has 0 aliphatic carbocycles. The van der Waals surface area contributed by atoms with E-state index in [9.17, 15) is 4.79 Å². The molecule has 0 saturated carbocycles. The van der Waals surface area contributed by atoms with Crippen LogP contribution in [0.4, 0.5) is 0 Å². The van der Waals surface area contributed by atoms with Crippen LogP contribution in [0.1, 0.15) is 12.0 Å². The zero-order chi connectivity index (χ0) is 12.8. The first-order valence-electron chi connectivity index (χ1n) is 6.08. The third kappa shape index (κ3) is 3.00. The van der Waals surface area contributed by atoms with Crippen molar-refractivity contribution in [2.45, 2.75) is 19.4 Å². The van der Waals surface area contributed by atoms with Crippen LogP contribution in [0.15, 0.2) is 53.5 Å². The highest BCUT2D eigenvalue weighted by atomic mass is 16.5. The molecule has 0 spiro atoms. The summed E-state index contributed by atoms with van der Waals surface area (Å²) in [6.07, 6.45) is 3.72. The zero-order valence-electron chi connectivity index (χ0n) is 10.5. The standard InChI is InChI=1S/C15H17NO2/c1-18-14-10-6-12-16(15(14)17)11-5-9-13-7-3-2-4-8-13/h2-4,6-8,10,12H,5,9,11H2,1H3. The van der Waals surface area contributed by atoms with Crippen LogP contribution >= 0.6 is 0 Å². The monoisotopic (exact) mass is 243 g/mol. The molecule has 3 heteroatoms. The minimum absolute atomic E-state index is 0.0620. The van der Waals surface area contributed by atoms with Crippen LogP contribution in [-0.2, 0) is 13.0 Å². The summed E-state index contributed by atoms with van der Waals surface area (Å²) >= 11 is 0. The lowest BCUT2D eigenvalue weighted by Gasteiger charge is -2.07. The molecule has 0 atom stereocenters. The molecule has 0 aliphatic heterocycles. The molecule has 18 heavy (non-hydrogen) atoms. The molecule has 0 fully saturated rings. The predicted molar refractivity (Wildman–Crippen MR) is 72.0 cm³/mol. The lowest BCUT2D eigenvalue weighted by molar-refractivity contribution is 0.401. The fraction of sp³-hybridized carbons (Fsp3) is 0.267. The fourth-order valence-electron chi connectivity index (χ4n) is 1.94. The molecular weight excluding hydrogens is 226 g/mol. The Morgan fingerprint density at radius 1 is 1.11 bits per heavy atom. The van der Waals surface area contributed by atoms with Crippen molar-refractivity contribution >= 4 is 0 Å². The van der Waals surface area contributed by atoms with E-state index in [0.717, 1.165) is 12.8 Å². The Morgan fingerprint density at radius 3 is 2.61 bits per heavy atom. The second-order valence-electron chi connectivity index (χ2n) is 4.16. The van der Waals surface area contributed by atoms with Gasteiger partial charge in [-0.2, -0.15) is 0 Å². The van der Waals surface area contributed by atoms with Crippen LogP contribution in [0.2, 0.25) is 0 Å². The van der Waals surface area contributed by atoms with Gasteiger partial charge >= 0.3 is 0 Å². The third-order valence-corrected chi connectivity index (χ3v) is 2.91. The lowest BCUT2D eigenvalue weighted by Crippen LogP contribution is -2.20. The van der Waals surface area contributed by atoms with Gasteiger partial charge in [0.2, 0.25) is 0 Å². The number of ether oxygens (including phenoxy) is 1. The van der Waals surface area contributed by atoms with E-state index in [0.29, 0.717) is 12.3 Å². The Kier molecular flexibility index (Phi) is 4.18. The molecule has 2 aromatic rings. The molecule has 94 valence electrons. The highest BCUT2D eigenvalue weighted by Gasteiger charge is 2.02. The van der Waals surface area contributed by atoms with Gasteiger partial charge < -0.3 is 9.30 Å². The van der Waals surface area contributed by atoms with E-state index in [1.165, 1.54) is 12.7 Å². The molecule has 0 radical (unpaired) electrons. The Labute approximate surface area is 107 Å². The second kappa shape index (κ2) is 6.05. The number of hydrogen-bond donors (Lipinski definition) is 0. The van der Waals surface area contributed by atoms with Gasteiger partial charge in [0.05, 0.1) is 7.11 Å². The number of hydrogen-bond acceptors (Lipinski definition) is 2. The molecule has 3 nitrogen and oxygen atoms in total. The maximum absolute atomic E-state index is 11.9. The lowest BCUT2D eigenvalue weighted by atomic mass is 10.1. The molecule has 2 rings (SSSR count).